The Labute approximate surface area is 285 Å². The van der Waals surface area contributed by atoms with Crippen LogP contribution >= 0.6 is 0 Å². The fraction of sp³-hybridized carbons (Fsp3) is 0.133. The molecule has 2 aromatic heterocycles. The Kier molecular flexibility index (Phi) is 5.65. The molecule has 0 amide bonds. The monoisotopic (exact) mass is 631 g/mol. The van der Waals surface area contributed by atoms with E-state index in [9.17, 15) is 0 Å². The van der Waals surface area contributed by atoms with Gasteiger partial charge in [0.25, 0.3) is 0 Å². The van der Waals surface area contributed by atoms with E-state index in [2.05, 4.69) is 125 Å². The third-order valence-corrected chi connectivity index (χ3v) is 10.9. The summed E-state index contributed by atoms with van der Waals surface area (Å²) >= 11 is 0. The molecule has 6 aromatic carbocycles. The van der Waals surface area contributed by atoms with E-state index in [0.29, 0.717) is 17.5 Å². The Morgan fingerprint density at radius 1 is 0.408 bits per heavy atom. The van der Waals surface area contributed by atoms with Crippen molar-refractivity contribution in [1.82, 2.24) is 15.0 Å². The lowest BCUT2D eigenvalue weighted by atomic mass is 9.82. The van der Waals surface area contributed by atoms with Gasteiger partial charge in [-0.15, -0.1) is 0 Å². The lowest BCUT2D eigenvalue weighted by molar-refractivity contribution is 0.658. The van der Waals surface area contributed by atoms with Crippen molar-refractivity contribution in [2.75, 3.05) is 0 Å². The van der Waals surface area contributed by atoms with Crippen LogP contribution in [0.5, 0.6) is 0 Å². The van der Waals surface area contributed by atoms with Gasteiger partial charge in [-0.3, -0.25) is 0 Å². The molecule has 2 heterocycles. The SMILES string of the molecule is CC1(C)c2ccccc2-c2ccc(-c3nc(-c4ccccc4)nc(-c4cccc5c4-c4cc6oc7ccccc7c6cc4C5(C)C)n3)cc21. The van der Waals surface area contributed by atoms with Crippen LogP contribution in [0.15, 0.2) is 132 Å². The van der Waals surface area contributed by atoms with Crippen LogP contribution in [-0.2, 0) is 10.8 Å². The molecular weight excluding hydrogens is 599 g/mol. The molecule has 0 radical (unpaired) electrons. The quantitative estimate of drug-likeness (QED) is 0.195. The van der Waals surface area contributed by atoms with Crippen molar-refractivity contribution in [2.24, 2.45) is 0 Å². The highest BCUT2D eigenvalue weighted by Crippen LogP contribution is 2.54. The first-order chi connectivity index (χ1) is 23.8. The maximum Gasteiger partial charge on any atom is 0.164 e. The number of fused-ring (bicyclic) bond motifs is 9. The average molecular weight is 632 g/mol. The molecule has 0 spiro atoms. The third-order valence-electron chi connectivity index (χ3n) is 10.9. The summed E-state index contributed by atoms with van der Waals surface area (Å²) in [5.74, 6) is 1.99. The van der Waals surface area contributed by atoms with Crippen molar-refractivity contribution in [1.29, 1.82) is 0 Å². The van der Waals surface area contributed by atoms with Gasteiger partial charge in [0.1, 0.15) is 11.2 Å². The van der Waals surface area contributed by atoms with E-state index in [0.717, 1.165) is 44.2 Å². The molecule has 0 saturated carbocycles. The second kappa shape index (κ2) is 9.83. The van der Waals surface area contributed by atoms with Gasteiger partial charge in [0.2, 0.25) is 0 Å². The molecule has 10 rings (SSSR count). The smallest absolute Gasteiger partial charge is 0.164 e. The fourth-order valence-electron chi connectivity index (χ4n) is 8.38. The molecule has 4 heteroatoms. The number of aromatic nitrogens is 3. The minimum absolute atomic E-state index is 0.127. The summed E-state index contributed by atoms with van der Waals surface area (Å²) in [5, 5.41) is 2.29. The molecule has 0 saturated heterocycles. The molecule has 0 aliphatic heterocycles. The minimum atomic E-state index is -0.216. The van der Waals surface area contributed by atoms with Gasteiger partial charge in [-0.05, 0) is 68.8 Å². The summed E-state index contributed by atoms with van der Waals surface area (Å²) in [4.78, 5) is 15.6. The summed E-state index contributed by atoms with van der Waals surface area (Å²) < 4.78 is 6.40. The molecule has 8 aromatic rings. The Bertz CT molecular complexity index is 2660. The second-order valence-corrected chi connectivity index (χ2v) is 14.4. The van der Waals surface area contributed by atoms with E-state index < -0.39 is 0 Å². The second-order valence-electron chi connectivity index (χ2n) is 14.4. The van der Waals surface area contributed by atoms with Gasteiger partial charge < -0.3 is 4.42 Å². The molecule has 0 bridgehead atoms. The summed E-state index contributed by atoms with van der Waals surface area (Å²) in [6.07, 6.45) is 0. The van der Waals surface area contributed by atoms with E-state index in [4.69, 9.17) is 19.4 Å². The largest absolute Gasteiger partial charge is 0.456 e. The minimum Gasteiger partial charge on any atom is -0.456 e. The first-order valence-corrected chi connectivity index (χ1v) is 17.0. The average Bonchev–Trinajstić information content (AvgIpc) is 3.70. The standard InChI is InChI=1S/C45H33N3O/c1-44(2)34-18-10-8-15-28(34)29-22-21-27(23-36(29)44)42-46-41(26-13-6-5-7-14-26)47-43(48-42)31-17-12-19-35-40(31)33-25-39-32(24-37(33)45(35,3)4)30-16-9-11-20-38(30)49-39/h5-25H,1-4H3. The normalized spacial score (nSPS) is 14.9. The maximum atomic E-state index is 6.40. The van der Waals surface area contributed by atoms with Crippen molar-refractivity contribution < 1.29 is 4.42 Å². The zero-order valence-electron chi connectivity index (χ0n) is 27.9. The molecule has 0 atom stereocenters. The lowest BCUT2D eigenvalue weighted by Crippen LogP contribution is -2.15. The summed E-state index contributed by atoms with van der Waals surface area (Å²) in [7, 11) is 0. The highest BCUT2D eigenvalue weighted by Gasteiger charge is 2.39. The predicted molar refractivity (Wildman–Crippen MR) is 199 cm³/mol. The number of hydrogen-bond donors (Lipinski definition) is 0. The molecule has 0 N–H and O–H groups in total. The first-order valence-electron chi connectivity index (χ1n) is 17.0. The van der Waals surface area contributed by atoms with E-state index in [1.807, 2.05) is 30.3 Å². The van der Waals surface area contributed by atoms with Crippen molar-refractivity contribution in [3.8, 4) is 56.4 Å². The number of hydrogen-bond acceptors (Lipinski definition) is 4. The number of furan rings is 1. The Hall–Kier alpha value is -5.87. The van der Waals surface area contributed by atoms with E-state index >= 15 is 0 Å². The number of para-hydroxylation sites is 1. The molecule has 234 valence electrons. The molecule has 2 aliphatic rings. The molecule has 0 unspecified atom stereocenters. The van der Waals surface area contributed by atoms with Crippen molar-refractivity contribution >= 4 is 21.9 Å². The molecule has 0 fully saturated rings. The van der Waals surface area contributed by atoms with Gasteiger partial charge in [0, 0.05) is 38.3 Å². The van der Waals surface area contributed by atoms with Crippen molar-refractivity contribution in [2.45, 2.75) is 38.5 Å². The zero-order valence-corrected chi connectivity index (χ0v) is 27.9. The van der Waals surface area contributed by atoms with Crippen LogP contribution in [0.2, 0.25) is 0 Å². The van der Waals surface area contributed by atoms with Gasteiger partial charge in [-0.1, -0.05) is 131 Å². The van der Waals surface area contributed by atoms with E-state index in [1.165, 1.54) is 38.9 Å². The van der Waals surface area contributed by atoms with Crippen LogP contribution in [0.25, 0.3) is 78.4 Å². The predicted octanol–water partition coefficient (Wildman–Crippen LogP) is 11.4. The van der Waals surface area contributed by atoms with Crippen molar-refractivity contribution in [3.63, 3.8) is 0 Å². The van der Waals surface area contributed by atoms with Gasteiger partial charge in [-0.2, -0.15) is 0 Å². The van der Waals surface area contributed by atoms with Crippen molar-refractivity contribution in [3.05, 3.63) is 150 Å². The third kappa shape index (κ3) is 3.95. The number of rotatable bonds is 3. The Morgan fingerprint density at radius 2 is 1.04 bits per heavy atom. The van der Waals surface area contributed by atoms with E-state index in [-0.39, 0.29) is 10.8 Å². The van der Waals surface area contributed by atoms with Crippen LogP contribution in [0.3, 0.4) is 0 Å². The summed E-state index contributed by atoms with van der Waals surface area (Å²) in [6.45, 7) is 9.24. The first kappa shape index (κ1) is 28.2. The molecular formula is C45H33N3O. The van der Waals surface area contributed by atoms with Crippen LogP contribution in [0.4, 0.5) is 0 Å². The van der Waals surface area contributed by atoms with Gasteiger partial charge in [0.15, 0.2) is 17.5 Å². The van der Waals surface area contributed by atoms with E-state index in [1.54, 1.807) is 0 Å². The maximum absolute atomic E-state index is 6.40. The van der Waals surface area contributed by atoms with Crippen LogP contribution in [0, 0.1) is 0 Å². The topological polar surface area (TPSA) is 51.8 Å². The lowest BCUT2D eigenvalue weighted by Gasteiger charge is -2.22. The number of nitrogens with zero attached hydrogens (tertiary/aromatic N) is 3. The highest BCUT2D eigenvalue weighted by atomic mass is 16.3. The summed E-state index contributed by atoms with van der Waals surface area (Å²) in [6, 6.07) is 45.0. The molecule has 49 heavy (non-hydrogen) atoms. The van der Waals surface area contributed by atoms with Crippen LogP contribution in [-0.4, -0.2) is 15.0 Å². The molecule has 4 nitrogen and oxygen atoms in total. The zero-order chi connectivity index (χ0) is 33.1. The van der Waals surface area contributed by atoms with Crippen LogP contribution in [0.1, 0.15) is 49.9 Å². The summed E-state index contributed by atoms with van der Waals surface area (Å²) in [5.41, 5.74) is 14.5. The Morgan fingerprint density at radius 3 is 1.90 bits per heavy atom. The number of benzene rings is 6. The molecule has 2 aliphatic carbocycles. The van der Waals surface area contributed by atoms with Gasteiger partial charge >= 0.3 is 0 Å². The van der Waals surface area contributed by atoms with Crippen LogP contribution < -0.4 is 0 Å². The fourth-order valence-corrected chi connectivity index (χ4v) is 8.38. The van der Waals surface area contributed by atoms with Gasteiger partial charge in [0.05, 0.1) is 0 Å². The van der Waals surface area contributed by atoms with Gasteiger partial charge in [-0.25, -0.2) is 15.0 Å². The highest BCUT2D eigenvalue weighted by molar-refractivity contribution is 6.08. The Balaban J connectivity index is 1.20.